The molecule has 0 unspecified atom stereocenters. The molecule has 0 amide bonds. The fourth-order valence-corrected chi connectivity index (χ4v) is 8.46. The van der Waals surface area contributed by atoms with Gasteiger partial charge in [0.25, 0.3) is 0 Å². The van der Waals surface area contributed by atoms with Gasteiger partial charge in [0, 0.05) is 49.4 Å². The van der Waals surface area contributed by atoms with E-state index in [0.29, 0.717) is 0 Å². The van der Waals surface area contributed by atoms with Crippen molar-refractivity contribution in [2.24, 2.45) is 0 Å². The number of nitrogens with zero attached hydrogens (tertiary/aromatic N) is 3. The third-order valence-corrected chi connectivity index (χ3v) is 10.6. The maximum Gasteiger partial charge on any atom is 0.0641 e. The van der Waals surface area contributed by atoms with Crippen molar-refractivity contribution in [3.8, 4) is 28.2 Å². The molecule has 11 aromatic rings. The Balaban J connectivity index is 1.09. The maximum atomic E-state index is 2.44. The molecule has 51 heavy (non-hydrogen) atoms. The molecular formula is C48H31N3. The summed E-state index contributed by atoms with van der Waals surface area (Å²) in [7, 11) is 0. The molecule has 11 rings (SSSR count). The average Bonchev–Trinajstić information content (AvgIpc) is 3.84. The topological polar surface area (TPSA) is 14.8 Å². The van der Waals surface area contributed by atoms with Crippen molar-refractivity contribution >= 4 is 65.4 Å². The van der Waals surface area contributed by atoms with Gasteiger partial charge in [-0.3, -0.25) is 0 Å². The molecule has 8 aromatic carbocycles. The number of benzene rings is 8. The zero-order valence-corrected chi connectivity index (χ0v) is 27.7. The number of rotatable bonds is 4. The Bertz CT molecular complexity index is 3070. The van der Waals surface area contributed by atoms with Crippen LogP contribution in [0.25, 0.3) is 93.6 Å². The SMILES string of the molecule is c1ccc(-n2c3ccccc3c3ccc4c(c5ccccc5n4-c4ccc(-c5cccc(-n6c7ccccc7c7ccccc76)c5)cc4)c32)cc1. The molecule has 238 valence electrons. The molecule has 3 heteroatoms. The van der Waals surface area contributed by atoms with E-state index in [0.717, 1.165) is 11.4 Å². The summed E-state index contributed by atoms with van der Waals surface area (Å²) in [6.45, 7) is 0. The fourth-order valence-electron chi connectivity index (χ4n) is 8.46. The second-order valence-electron chi connectivity index (χ2n) is 13.4. The van der Waals surface area contributed by atoms with Crippen LogP contribution in [0, 0.1) is 0 Å². The molecule has 0 N–H and O–H groups in total. The molecule has 3 heterocycles. The van der Waals surface area contributed by atoms with E-state index in [-0.39, 0.29) is 0 Å². The first kappa shape index (κ1) is 28.0. The van der Waals surface area contributed by atoms with Crippen LogP contribution < -0.4 is 0 Å². The summed E-state index contributed by atoms with van der Waals surface area (Å²) in [5.74, 6) is 0. The predicted octanol–water partition coefficient (Wildman–Crippen LogP) is 12.6. The fraction of sp³-hybridized carbons (Fsp3) is 0. The first-order valence-corrected chi connectivity index (χ1v) is 17.5. The molecule has 0 aliphatic carbocycles. The highest BCUT2D eigenvalue weighted by molar-refractivity contribution is 6.26. The number of hydrogen-bond acceptors (Lipinski definition) is 0. The van der Waals surface area contributed by atoms with E-state index in [1.807, 2.05) is 0 Å². The second kappa shape index (κ2) is 10.8. The van der Waals surface area contributed by atoms with Gasteiger partial charge in [-0.05, 0) is 77.9 Å². The van der Waals surface area contributed by atoms with Gasteiger partial charge in [-0.25, -0.2) is 0 Å². The highest BCUT2D eigenvalue weighted by Crippen LogP contribution is 2.42. The van der Waals surface area contributed by atoms with Crippen LogP contribution in [-0.2, 0) is 0 Å². The van der Waals surface area contributed by atoms with Crippen molar-refractivity contribution in [1.29, 1.82) is 0 Å². The average molecular weight is 650 g/mol. The van der Waals surface area contributed by atoms with Crippen molar-refractivity contribution in [3.05, 3.63) is 188 Å². The maximum absolute atomic E-state index is 2.44. The minimum Gasteiger partial charge on any atom is -0.309 e. The lowest BCUT2D eigenvalue weighted by atomic mass is 10.0. The summed E-state index contributed by atoms with van der Waals surface area (Å²) in [6, 6.07) is 68.3. The monoisotopic (exact) mass is 649 g/mol. The molecule has 3 aromatic heterocycles. The Hall–Kier alpha value is -6.84. The van der Waals surface area contributed by atoms with Crippen LogP contribution in [0.1, 0.15) is 0 Å². The zero-order valence-electron chi connectivity index (χ0n) is 27.7. The quantitative estimate of drug-likeness (QED) is 0.180. The van der Waals surface area contributed by atoms with Gasteiger partial charge in [0.2, 0.25) is 0 Å². The van der Waals surface area contributed by atoms with E-state index in [1.54, 1.807) is 0 Å². The van der Waals surface area contributed by atoms with Gasteiger partial charge in [0.1, 0.15) is 0 Å². The minimum absolute atomic E-state index is 1.14. The molecule has 0 bridgehead atoms. The Morgan fingerprint density at radius 1 is 0.255 bits per heavy atom. The zero-order chi connectivity index (χ0) is 33.5. The van der Waals surface area contributed by atoms with Gasteiger partial charge in [-0.2, -0.15) is 0 Å². The number of hydrogen-bond donors (Lipinski definition) is 0. The molecule has 0 spiro atoms. The van der Waals surface area contributed by atoms with Gasteiger partial charge in [-0.1, -0.05) is 121 Å². The van der Waals surface area contributed by atoms with E-state index >= 15 is 0 Å². The van der Waals surface area contributed by atoms with Crippen LogP contribution in [0.5, 0.6) is 0 Å². The van der Waals surface area contributed by atoms with Crippen molar-refractivity contribution in [3.63, 3.8) is 0 Å². The summed E-state index contributed by atoms with van der Waals surface area (Å²) < 4.78 is 7.25. The first-order chi connectivity index (χ1) is 25.3. The molecule has 0 atom stereocenters. The molecule has 0 saturated carbocycles. The molecular weight excluding hydrogens is 619 g/mol. The van der Waals surface area contributed by atoms with Crippen molar-refractivity contribution in [2.45, 2.75) is 0 Å². The molecule has 0 radical (unpaired) electrons. The normalized spacial score (nSPS) is 11.9. The van der Waals surface area contributed by atoms with Crippen molar-refractivity contribution < 1.29 is 0 Å². The molecule has 0 aliphatic heterocycles. The molecule has 0 saturated heterocycles. The van der Waals surface area contributed by atoms with Crippen LogP contribution in [0.15, 0.2) is 188 Å². The van der Waals surface area contributed by atoms with E-state index in [9.17, 15) is 0 Å². The van der Waals surface area contributed by atoms with E-state index < -0.39 is 0 Å². The van der Waals surface area contributed by atoms with Crippen LogP contribution in [0.3, 0.4) is 0 Å². The van der Waals surface area contributed by atoms with E-state index in [4.69, 9.17) is 0 Å². The van der Waals surface area contributed by atoms with Crippen LogP contribution in [0.2, 0.25) is 0 Å². The Kier molecular flexibility index (Phi) is 5.96. The first-order valence-electron chi connectivity index (χ1n) is 17.5. The lowest BCUT2D eigenvalue weighted by Crippen LogP contribution is -1.96. The lowest BCUT2D eigenvalue weighted by Gasteiger charge is -2.12. The lowest BCUT2D eigenvalue weighted by molar-refractivity contribution is 1.17. The van der Waals surface area contributed by atoms with Gasteiger partial charge in [0.05, 0.1) is 33.1 Å². The number of fused-ring (bicyclic) bond motifs is 10. The Labute approximate surface area is 294 Å². The van der Waals surface area contributed by atoms with Gasteiger partial charge < -0.3 is 13.7 Å². The summed E-state index contributed by atoms with van der Waals surface area (Å²) in [5, 5.41) is 7.60. The van der Waals surface area contributed by atoms with Crippen LogP contribution in [-0.4, -0.2) is 13.7 Å². The highest BCUT2D eigenvalue weighted by atomic mass is 15.0. The Morgan fingerprint density at radius 2 is 0.745 bits per heavy atom. The second-order valence-corrected chi connectivity index (χ2v) is 13.4. The van der Waals surface area contributed by atoms with Gasteiger partial charge in [0.15, 0.2) is 0 Å². The highest BCUT2D eigenvalue weighted by Gasteiger charge is 2.20. The van der Waals surface area contributed by atoms with E-state index in [1.165, 1.54) is 82.2 Å². The van der Waals surface area contributed by atoms with E-state index in [2.05, 4.69) is 202 Å². The van der Waals surface area contributed by atoms with Crippen molar-refractivity contribution in [2.75, 3.05) is 0 Å². The Morgan fingerprint density at radius 3 is 1.41 bits per heavy atom. The summed E-state index contributed by atoms with van der Waals surface area (Å²) in [5.41, 5.74) is 13.2. The number of aromatic nitrogens is 3. The van der Waals surface area contributed by atoms with Crippen molar-refractivity contribution in [1.82, 2.24) is 13.7 Å². The third-order valence-electron chi connectivity index (χ3n) is 10.6. The van der Waals surface area contributed by atoms with Crippen LogP contribution >= 0.6 is 0 Å². The van der Waals surface area contributed by atoms with Gasteiger partial charge >= 0.3 is 0 Å². The minimum atomic E-state index is 1.14. The standard InChI is InChI=1S/C48H31N3/c1-2-14-34(15-3-1)51-44-23-10-6-19-39(44)40-29-30-46-47(48(40)51)41-20-7-11-24-45(41)49(46)35-27-25-32(26-28-35)33-13-12-16-36(31-33)50-42-21-8-4-17-37(42)38-18-5-9-22-43(38)50/h1-31H. The number of para-hydroxylation sites is 5. The molecule has 3 nitrogen and oxygen atoms in total. The summed E-state index contributed by atoms with van der Waals surface area (Å²) >= 11 is 0. The van der Waals surface area contributed by atoms with Gasteiger partial charge in [-0.15, -0.1) is 0 Å². The molecule has 0 fully saturated rings. The molecule has 0 aliphatic rings. The largest absolute Gasteiger partial charge is 0.309 e. The smallest absolute Gasteiger partial charge is 0.0641 e. The third kappa shape index (κ3) is 4.06. The van der Waals surface area contributed by atoms with Crippen LogP contribution in [0.4, 0.5) is 0 Å². The summed E-state index contributed by atoms with van der Waals surface area (Å²) in [4.78, 5) is 0. The predicted molar refractivity (Wildman–Crippen MR) is 215 cm³/mol. The summed E-state index contributed by atoms with van der Waals surface area (Å²) in [6.07, 6.45) is 0.